The van der Waals surface area contributed by atoms with Gasteiger partial charge in [0, 0.05) is 57.3 Å². The van der Waals surface area contributed by atoms with E-state index >= 15 is 0 Å². The van der Waals surface area contributed by atoms with Crippen LogP contribution < -0.4 is 29.4 Å². The van der Waals surface area contributed by atoms with Crippen molar-refractivity contribution in [1.82, 2.24) is 29.9 Å². The third-order valence-corrected chi connectivity index (χ3v) is 10.6. The van der Waals surface area contributed by atoms with Gasteiger partial charge in [0.2, 0.25) is 0 Å². The molecule has 3 aliphatic rings. The van der Waals surface area contributed by atoms with Gasteiger partial charge in [0.25, 0.3) is 0 Å². The van der Waals surface area contributed by atoms with Crippen molar-refractivity contribution in [3.8, 4) is 0 Å². The first kappa shape index (κ1) is 42.5. The molecule has 6 heterocycles. The number of aromatic nitrogens is 6. The molecule has 3 aromatic heterocycles. The quantitative estimate of drug-likeness (QED) is 0.0914. The summed E-state index contributed by atoms with van der Waals surface area (Å²) in [5, 5.41) is 0. The van der Waals surface area contributed by atoms with Gasteiger partial charge in [0.05, 0.1) is 0 Å². The maximum Gasteiger partial charge on any atom is 0.143 e. The molecule has 9 rings (SSSR count). The van der Waals surface area contributed by atoms with Crippen molar-refractivity contribution in [3.63, 3.8) is 0 Å². The largest absolute Gasteiger partial charge is 0.487 e. The zero-order chi connectivity index (χ0) is 41.0. The number of fused-ring (bicyclic) bond motifs is 3. The number of benzene rings is 3. The minimum absolute atomic E-state index is 0. The number of hydrogen-bond acceptors (Lipinski definition) is 12. The van der Waals surface area contributed by atoms with Crippen molar-refractivity contribution in [3.05, 3.63) is 147 Å². The van der Waals surface area contributed by atoms with Crippen LogP contribution >= 0.6 is 0 Å². The van der Waals surface area contributed by atoms with E-state index in [0.29, 0.717) is 17.8 Å². The number of anilines is 9. The second-order valence-electron chi connectivity index (χ2n) is 15.8. The molecule has 13 heteroatoms. The minimum atomic E-state index is 0. The van der Waals surface area contributed by atoms with E-state index in [2.05, 4.69) is 159 Å². The van der Waals surface area contributed by atoms with Crippen molar-refractivity contribution in [2.24, 2.45) is 0 Å². The first-order valence-corrected chi connectivity index (χ1v) is 20.3. The summed E-state index contributed by atoms with van der Waals surface area (Å²) in [5.74, 6) is 6.53. The molecule has 6 aromatic rings. The Kier molecular flexibility index (Phi) is 13.3. The van der Waals surface area contributed by atoms with Gasteiger partial charge in [-0.05, 0) is 50.7 Å². The van der Waals surface area contributed by atoms with E-state index < -0.39 is 0 Å². The van der Waals surface area contributed by atoms with Gasteiger partial charge < -0.3 is 29.4 Å². The van der Waals surface area contributed by atoms with Crippen molar-refractivity contribution in [2.45, 2.75) is 72.1 Å². The van der Waals surface area contributed by atoms with E-state index in [9.17, 15) is 0 Å². The predicted molar refractivity (Wildman–Crippen MR) is 236 cm³/mol. The molecule has 0 spiro atoms. The Labute approximate surface area is 368 Å². The monoisotopic (exact) mass is 975 g/mol. The summed E-state index contributed by atoms with van der Waals surface area (Å²) >= 11 is 0. The zero-order valence-corrected chi connectivity index (χ0v) is 37.5. The van der Waals surface area contributed by atoms with Crippen LogP contribution in [0.3, 0.4) is 0 Å². The Balaban J connectivity index is 0.000000228. The van der Waals surface area contributed by atoms with E-state index in [1.165, 1.54) is 16.7 Å². The molecule has 0 amide bonds. The minimum Gasteiger partial charge on any atom is -0.487 e. The average molecular weight is 975 g/mol. The Bertz CT molecular complexity index is 2260. The van der Waals surface area contributed by atoms with Crippen LogP contribution in [0.1, 0.15) is 88.8 Å². The molecule has 0 saturated carbocycles. The second kappa shape index (κ2) is 18.7. The van der Waals surface area contributed by atoms with Crippen LogP contribution in [0.2, 0.25) is 0 Å². The molecular formula is C47H50IrN12-6. The zero-order valence-electron chi connectivity index (χ0n) is 35.2. The fraction of sp³-hybridized carbons (Fsp3) is 0.298. The molecule has 3 aromatic carbocycles. The van der Waals surface area contributed by atoms with Crippen molar-refractivity contribution < 1.29 is 20.1 Å². The van der Waals surface area contributed by atoms with E-state index in [4.69, 9.17) is 0 Å². The summed E-state index contributed by atoms with van der Waals surface area (Å²) in [5.41, 5.74) is 6.81. The molecule has 0 aliphatic carbocycles. The van der Waals surface area contributed by atoms with Gasteiger partial charge >= 0.3 is 0 Å². The van der Waals surface area contributed by atoms with E-state index in [0.717, 1.165) is 77.9 Å². The molecule has 0 bridgehead atoms. The van der Waals surface area contributed by atoms with Crippen LogP contribution in [0, 0.1) is 38.2 Å². The van der Waals surface area contributed by atoms with Gasteiger partial charge in [0.15, 0.2) is 0 Å². The van der Waals surface area contributed by atoms with Crippen LogP contribution in [0.15, 0.2) is 91.8 Å². The van der Waals surface area contributed by atoms with Gasteiger partial charge in [-0.25, -0.2) is 29.9 Å². The summed E-state index contributed by atoms with van der Waals surface area (Å²) in [6.07, 6.45) is 12.4. The molecule has 3 aliphatic heterocycles. The third kappa shape index (κ3) is 8.93. The number of unbranched alkanes of at least 4 members (excludes halogenated alkanes) is 1. The molecule has 0 atom stereocenters. The molecular weight excluding hydrogens is 925 g/mol. The van der Waals surface area contributed by atoms with Crippen LogP contribution in [-0.4, -0.2) is 50.0 Å². The summed E-state index contributed by atoms with van der Waals surface area (Å²) in [6.45, 7) is 21.0. The van der Waals surface area contributed by atoms with E-state index in [-0.39, 0.29) is 20.1 Å². The topological polar surface area (TPSA) is 96.8 Å². The first-order valence-electron chi connectivity index (χ1n) is 20.3. The number of hydrogen-bond donors (Lipinski definition) is 0. The van der Waals surface area contributed by atoms with Gasteiger partial charge in [0.1, 0.15) is 34.9 Å². The summed E-state index contributed by atoms with van der Waals surface area (Å²) in [7, 11) is 1.97. The Morgan fingerprint density at radius 2 is 0.783 bits per heavy atom. The predicted octanol–water partition coefficient (Wildman–Crippen LogP) is 9.85. The molecule has 12 nitrogen and oxygen atoms in total. The van der Waals surface area contributed by atoms with Crippen LogP contribution in [0.5, 0.6) is 0 Å². The number of rotatable bonds is 11. The molecule has 60 heavy (non-hydrogen) atoms. The van der Waals surface area contributed by atoms with Gasteiger partial charge in [-0.3, -0.25) is 0 Å². The maximum absolute atomic E-state index is 4.65. The van der Waals surface area contributed by atoms with Gasteiger partial charge in [-0.2, -0.15) is 71.3 Å². The molecule has 1 radical (unpaired) electrons. The normalized spacial score (nSPS) is 14.1. The second-order valence-corrected chi connectivity index (χ2v) is 15.8. The summed E-state index contributed by atoms with van der Waals surface area (Å²) in [4.78, 5) is 39.9. The summed E-state index contributed by atoms with van der Waals surface area (Å²) < 4.78 is 0. The molecule has 0 N–H and O–H groups in total. The standard InChI is InChI=1S/C32H34N8.C15H16N4.Ir/c1-23(2)25-9-7-11-27(19-25)39-21-37(29-31(39)35-15-13-33-29)17-5-6-18-38-22-40(32-30(38)34-14-16-36-32)28-12-8-10-26(20-28)24(3)4;1-11(2)12-5-4-6-13(9-12)19-10-18(3)14-15(19)17-8-7-16-14;/h7-10,13-16,19-24H,5-6,17-18H2,1-4H3;4-5,7-11H,1-3H3;/q-4;-2;. The smallest absolute Gasteiger partial charge is 0.143 e. The van der Waals surface area contributed by atoms with Crippen LogP contribution in [0.4, 0.5) is 52.0 Å². The Morgan fingerprint density at radius 1 is 0.467 bits per heavy atom. The molecule has 0 saturated heterocycles. The number of nitrogens with zero attached hydrogens (tertiary/aromatic N) is 12. The van der Waals surface area contributed by atoms with Gasteiger partial charge in [-0.15, -0.1) is 55.3 Å². The van der Waals surface area contributed by atoms with Crippen molar-refractivity contribution >= 4 is 52.0 Å². The van der Waals surface area contributed by atoms with E-state index in [1.54, 1.807) is 37.2 Å². The van der Waals surface area contributed by atoms with Crippen LogP contribution in [-0.2, 0) is 20.1 Å². The van der Waals surface area contributed by atoms with E-state index in [1.807, 2.05) is 41.7 Å². The fourth-order valence-electron chi connectivity index (χ4n) is 7.24. The van der Waals surface area contributed by atoms with Gasteiger partial charge in [-0.1, -0.05) is 41.5 Å². The fourth-order valence-corrected chi connectivity index (χ4v) is 7.24. The van der Waals surface area contributed by atoms with Crippen LogP contribution in [0.25, 0.3) is 0 Å². The SMILES string of the molecule is CC(C)c1cc[c-]c(N2[CH-]N(C)c3nccnc32)c1.CC(C)c1cc[c-]c(N2[CH-]N(CCCCN3[CH-]N(c4[c-]ccc(C(C)C)c4)c4nccnc43)c3nccnc32)c1.[Ir]. The Morgan fingerprint density at radius 3 is 1.15 bits per heavy atom. The molecule has 0 unspecified atom stereocenters. The maximum atomic E-state index is 4.65. The van der Waals surface area contributed by atoms with Crippen molar-refractivity contribution in [1.29, 1.82) is 0 Å². The first-order chi connectivity index (χ1) is 28.7. The average Bonchev–Trinajstić information content (AvgIpc) is 3.94. The third-order valence-electron chi connectivity index (χ3n) is 10.6. The Hall–Kier alpha value is -5.65. The summed E-state index contributed by atoms with van der Waals surface area (Å²) in [6, 6.07) is 28.8. The van der Waals surface area contributed by atoms with Crippen molar-refractivity contribution in [2.75, 3.05) is 49.5 Å². The molecule has 0 fully saturated rings. The molecule has 313 valence electrons.